The van der Waals surface area contributed by atoms with E-state index in [-0.39, 0.29) is 23.7 Å². The minimum Gasteiger partial charge on any atom is -0.481 e. The first-order valence-electron chi connectivity index (χ1n) is 6.15. The number of aliphatic carboxylic acids is 1. The van der Waals surface area contributed by atoms with Crippen molar-refractivity contribution in [3.8, 4) is 0 Å². The lowest BCUT2D eigenvalue weighted by Crippen LogP contribution is -2.57. The maximum absolute atomic E-state index is 12.5. The highest BCUT2D eigenvalue weighted by Crippen LogP contribution is 2.24. The minimum absolute atomic E-state index is 0.241. The van der Waals surface area contributed by atoms with Gasteiger partial charge >= 0.3 is 5.97 Å². The Hall–Kier alpha value is -1.60. The van der Waals surface area contributed by atoms with Crippen LogP contribution in [-0.4, -0.2) is 46.9 Å². The molecule has 1 aromatic rings. The quantitative estimate of drug-likeness (QED) is 0.838. The number of carboxylic acid groups (broad SMARTS) is 1. The number of carboxylic acids is 1. The van der Waals surface area contributed by atoms with E-state index >= 15 is 0 Å². The van der Waals surface area contributed by atoms with Crippen molar-refractivity contribution in [3.63, 3.8) is 0 Å². The topological polar surface area (TPSA) is 86.7 Å². The molecule has 1 aliphatic heterocycles. The fraction of sp³-hybridized carbons (Fsp3) is 0.308. The monoisotopic (exact) mass is 374 g/mol. The molecule has 112 valence electrons. The molecule has 6 nitrogen and oxygen atoms in total. The Morgan fingerprint density at radius 1 is 1.48 bits per heavy atom. The smallest absolute Gasteiger partial charge is 0.305 e. The van der Waals surface area contributed by atoms with Gasteiger partial charge in [0.25, 0.3) is 5.91 Å². The second-order valence-electron chi connectivity index (χ2n) is 4.53. The highest BCUT2D eigenvalue weighted by Gasteiger charge is 2.35. The summed E-state index contributed by atoms with van der Waals surface area (Å²) in [4.78, 5) is 36.5. The van der Waals surface area contributed by atoms with Crippen LogP contribution in [0.1, 0.15) is 16.8 Å². The van der Waals surface area contributed by atoms with E-state index in [9.17, 15) is 14.4 Å². The molecule has 2 amide bonds. The normalized spacial score (nSPS) is 18.3. The van der Waals surface area contributed by atoms with Gasteiger partial charge in [-0.1, -0.05) is 27.5 Å². The highest BCUT2D eigenvalue weighted by molar-refractivity contribution is 9.10. The first-order chi connectivity index (χ1) is 9.90. The summed E-state index contributed by atoms with van der Waals surface area (Å²) < 4.78 is 0.725. The van der Waals surface area contributed by atoms with Crippen molar-refractivity contribution in [3.05, 3.63) is 33.3 Å². The van der Waals surface area contributed by atoms with Crippen molar-refractivity contribution in [1.29, 1.82) is 0 Å². The number of benzene rings is 1. The molecule has 1 aromatic carbocycles. The third kappa shape index (κ3) is 3.54. The number of piperazine rings is 1. The van der Waals surface area contributed by atoms with E-state index < -0.39 is 30.2 Å². The molecule has 1 unspecified atom stereocenters. The highest BCUT2D eigenvalue weighted by atomic mass is 79.9. The van der Waals surface area contributed by atoms with E-state index in [0.717, 1.165) is 4.47 Å². The Balaban J connectivity index is 2.30. The molecule has 0 aliphatic carbocycles. The van der Waals surface area contributed by atoms with Gasteiger partial charge in [0.1, 0.15) is 6.04 Å². The zero-order valence-electron chi connectivity index (χ0n) is 10.8. The predicted octanol–water partition coefficient (Wildman–Crippen LogP) is 1.52. The van der Waals surface area contributed by atoms with Gasteiger partial charge in [-0.2, -0.15) is 0 Å². The van der Waals surface area contributed by atoms with Crippen LogP contribution in [0.4, 0.5) is 0 Å². The van der Waals surface area contributed by atoms with Gasteiger partial charge in [-0.25, -0.2) is 0 Å². The van der Waals surface area contributed by atoms with Crippen molar-refractivity contribution < 1.29 is 19.5 Å². The number of amides is 2. The van der Waals surface area contributed by atoms with Crippen LogP contribution in [-0.2, 0) is 9.59 Å². The van der Waals surface area contributed by atoms with Gasteiger partial charge in [0, 0.05) is 17.6 Å². The average Bonchev–Trinajstić information content (AvgIpc) is 2.40. The summed E-state index contributed by atoms with van der Waals surface area (Å²) in [7, 11) is 0. The van der Waals surface area contributed by atoms with Gasteiger partial charge in [-0.05, 0) is 18.2 Å². The zero-order valence-corrected chi connectivity index (χ0v) is 13.1. The third-order valence-electron chi connectivity index (χ3n) is 3.12. The largest absolute Gasteiger partial charge is 0.481 e. The van der Waals surface area contributed by atoms with Gasteiger partial charge in [0.2, 0.25) is 5.91 Å². The van der Waals surface area contributed by atoms with Crippen LogP contribution >= 0.6 is 27.5 Å². The van der Waals surface area contributed by atoms with Gasteiger partial charge in [-0.3, -0.25) is 14.4 Å². The van der Waals surface area contributed by atoms with Crippen LogP contribution in [0.15, 0.2) is 22.7 Å². The molecule has 0 saturated carbocycles. The lowest BCUT2D eigenvalue weighted by atomic mass is 10.1. The SMILES string of the molecule is O=C(O)CC1C(=O)NCCN1C(=O)c1ccc(Br)cc1Cl. The van der Waals surface area contributed by atoms with Gasteiger partial charge < -0.3 is 15.3 Å². The molecule has 1 atom stereocenters. The van der Waals surface area contributed by atoms with E-state index in [4.69, 9.17) is 16.7 Å². The van der Waals surface area contributed by atoms with Gasteiger partial charge in [-0.15, -0.1) is 0 Å². The first kappa shape index (κ1) is 15.8. The van der Waals surface area contributed by atoms with Crippen molar-refractivity contribution in [2.45, 2.75) is 12.5 Å². The molecule has 1 fully saturated rings. The summed E-state index contributed by atoms with van der Waals surface area (Å²) >= 11 is 9.28. The Kier molecular flexibility index (Phi) is 4.84. The molecule has 0 spiro atoms. The predicted molar refractivity (Wildman–Crippen MR) is 79.2 cm³/mol. The second kappa shape index (κ2) is 6.44. The Bertz CT molecular complexity index is 608. The summed E-state index contributed by atoms with van der Waals surface area (Å²) in [5.74, 6) is -2.06. The van der Waals surface area contributed by atoms with Gasteiger partial charge in [0.15, 0.2) is 0 Å². The maximum Gasteiger partial charge on any atom is 0.305 e. The van der Waals surface area contributed by atoms with E-state index in [2.05, 4.69) is 21.2 Å². The second-order valence-corrected chi connectivity index (χ2v) is 5.85. The molecule has 2 N–H and O–H groups in total. The van der Waals surface area contributed by atoms with Crippen LogP contribution in [0, 0.1) is 0 Å². The number of halogens is 2. The maximum atomic E-state index is 12.5. The Morgan fingerprint density at radius 2 is 2.19 bits per heavy atom. The molecule has 1 saturated heterocycles. The molecule has 1 aliphatic rings. The van der Waals surface area contributed by atoms with Crippen LogP contribution < -0.4 is 5.32 Å². The van der Waals surface area contributed by atoms with E-state index in [0.29, 0.717) is 0 Å². The van der Waals surface area contributed by atoms with E-state index in [1.165, 1.54) is 4.90 Å². The number of hydrogen-bond donors (Lipinski definition) is 2. The molecular weight excluding hydrogens is 364 g/mol. The number of rotatable bonds is 3. The standard InChI is InChI=1S/C13H12BrClN2O4/c14-7-1-2-8(9(15)5-7)13(21)17-4-3-16-12(20)10(17)6-11(18)19/h1-2,5,10H,3-4,6H2,(H,16,20)(H,18,19). The van der Waals surface area contributed by atoms with Crippen molar-refractivity contribution in [1.82, 2.24) is 10.2 Å². The molecule has 8 heteroatoms. The van der Waals surface area contributed by atoms with Crippen molar-refractivity contribution >= 4 is 45.3 Å². The van der Waals surface area contributed by atoms with E-state index in [1.54, 1.807) is 18.2 Å². The molecule has 2 rings (SSSR count). The lowest BCUT2D eigenvalue weighted by molar-refractivity contribution is -0.142. The number of hydrogen-bond acceptors (Lipinski definition) is 3. The number of carbonyl (C=O) groups is 3. The molecular formula is C13H12BrClN2O4. The molecule has 21 heavy (non-hydrogen) atoms. The van der Waals surface area contributed by atoms with Gasteiger partial charge in [0.05, 0.1) is 17.0 Å². The number of nitrogens with one attached hydrogen (secondary N) is 1. The zero-order chi connectivity index (χ0) is 15.6. The number of carbonyl (C=O) groups excluding carboxylic acids is 2. The summed E-state index contributed by atoms with van der Waals surface area (Å²) in [5.41, 5.74) is 0.241. The third-order valence-corrected chi connectivity index (χ3v) is 3.93. The van der Waals surface area contributed by atoms with Crippen LogP contribution in [0.3, 0.4) is 0 Å². The summed E-state index contributed by atoms with van der Waals surface area (Å²) in [6.07, 6.45) is -0.439. The van der Waals surface area contributed by atoms with E-state index in [1.807, 2.05) is 0 Å². The summed E-state index contributed by atoms with van der Waals surface area (Å²) in [5, 5.41) is 11.7. The van der Waals surface area contributed by atoms with Crippen LogP contribution in [0.2, 0.25) is 5.02 Å². The van der Waals surface area contributed by atoms with Crippen molar-refractivity contribution in [2.75, 3.05) is 13.1 Å². The van der Waals surface area contributed by atoms with Crippen LogP contribution in [0.5, 0.6) is 0 Å². The fourth-order valence-electron chi connectivity index (χ4n) is 2.14. The molecule has 0 bridgehead atoms. The molecule has 0 radical (unpaired) electrons. The Labute approximate surface area is 134 Å². The lowest BCUT2D eigenvalue weighted by Gasteiger charge is -2.34. The first-order valence-corrected chi connectivity index (χ1v) is 7.33. The van der Waals surface area contributed by atoms with Crippen LogP contribution in [0.25, 0.3) is 0 Å². The van der Waals surface area contributed by atoms with Crippen molar-refractivity contribution in [2.24, 2.45) is 0 Å². The minimum atomic E-state index is -1.14. The average molecular weight is 376 g/mol. The number of nitrogens with zero attached hydrogens (tertiary/aromatic N) is 1. The Morgan fingerprint density at radius 3 is 2.81 bits per heavy atom. The fourth-order valence-corrected chi connectivity index (χ4v) is 2.90. The molecule has 1 heterocycles. The summed E-state index contributed by atoms with van der Waals surface area (Å²) in [6.45, 7) is 0.532. The molecule has 0 aromatic heterocycles. The summed E-state index contributed by atoms with van der Waals surface area (Å²) in [6, 6.07) is 3.75.